The second-order valence-corrected chi connectivity index (χ2v) is 5.06. The number of aryl methyl sites for hydroxylation is 1. The zero-order chi connectivity index (χ0) is 10.7. The molecule has 0 aliphatic heterocycles. The van der Waals surface area contributed by atoms with Gasteiger partial charge in [0.05, 0.1) is 10.0 Å². The molecule has 80 valence electrons. The Morgan fingerprint density at radius 3 is 2.87 bits per heavy atom. The molecule has 0 aliphatic rings. The molecule has 0 saturated heterocycles. The van der Waals surface area contributed by atoms with Crippen molar-refractivity contribution in [3.63, 3.8) is 0 Å². The molecule has 2 aromatic heterocycles. The van der Waals surface area contributed by atoms with E-state index in [4.69, 9.17) is 11.6 Å². The summed E-state index contributed by atoms with van der Waals surface area (Å²) in [6.45, 7) is 1.68. The molecule has 1 N–H and O–H groups in total. The molecule has 15 heavy (non-hydrogen) atoms. The highest BCUT2D eigenvalue weighted by Crippen LogP contribution is 2.20. The third kappa shape index (κ3) is 2.81. The van der Waals surface area contributed by atoms with Crippen molar-refractivity contribution >= 4 is 22.9 Å². The maximum Gasteiger partial charge on any atom is 0.0931 e. The van der Waals surface area contributed by atoms with Crippen LogP contribution in [0.15, 0.2) is 24.4 Å². The van der Waals surface area contributed by atoms with Crippen LogP contribution in [-0.4, -0.2) is 9.78 Å². The molecule has 2 heterocycles. The molecule has 0 aromatic carbocycles. The number of aromatic nitrogens is 2. The van der Waals surface area contributed by atoms with E-state index in [-0.39, 0.29) is 0 Å². The molecule has 3 nitrogen and oxygen atoms in total. The van der Waals surface area contributed by atoms with E-state index in [1.165, 1.54) is 10.6 Å². The van der Waals surface area contributed by atoms with Gasteiger partial charge >= 0.3 is 0 Å². The van der Waals surface area contributed by atoms with Gasteiger partial charge in [-0.1, -0.05) is 11.6 Å². The lowest BCUT2D eigenvalue weighted by molar-refractivity contribution is 0.629. The first-order chi connectivity index (χ1) is 7.25. The molecule has 0 atom stereocenters. The quantitative estimate of drug-likeness (QED) is 0.891. The molecule has 5 heteroatoms. The summed E-state index contributed by atoms with van der Waals surface area (Å²) in [6, 6.07) is 5.98. The standard InChI is InChI=1S/C10H12ClN3S/c1-14-8(4-5-13-14)6-12-7-9-2-3-10(11)15-9/h2-5,12H,6-7H2,1H3. The van der Waals surface area contributed by atoms with Crippen LogP contribution in [0.25, 0.3) is 0 Å². The summed E-state index contributed by atoms with van der Waals surface area (Å²) in [4.78, 5) is 1.25. The topological polar surface area (TPSA) is 29.9 Å². The van der Waals surface area contributed by atoms with Gasteiger partial charge in [-0.05, 0) is 18.2 Å². The average Bonchev–Trinajstić information content (AvgIpc) is 2.77. The van der Waals surface area contributed by atoms with E-state index in [0.717, 1.165) is 17.4 Å². The van der Waals surface area contributed by atoms with Crippen molar-refractivity contribution in [1.29, 1.82) is 0 Å². The molecule has 0 bridgehead atoms. The normalized spacial score (nSPS) is 10.8. The maximum atomic E-state index is 5.84. The van der Waals surface area contributed by atoms with Gasteiger partial charge in [0.25, 0.3) is 0 Å². The fourth-order valence-corrected chi connectivity index (χ4v) is 2.39. The van der Waals surface area contributed by atoms with Gasteiger partial charge in [-0.2, -0.15) is 5.10 Å². The van der Waals surface area contributed by atoms with Crippen LogP contribution in [0.2, 0.25) is 4.34 Å². The Balaban J connectivity index is 1.83. The monoisotopic (exact) mass is 241 g/mol. The van der Waals surface area contributed by atoms with E-state index in [1.807, 2.05) is 29.9 Å². The number of hydrogen-bond donors (Lipinski definition) is 1. The SMILES string of the molecule is Cn1nccc1CNCc1ccc(Cl)s1. The Labute approximate surface area is 97.7 Å². The highest BCUT2D eigenvalue weighted by Gasteiger charge is 1.99. The van der Waals surface area contributed by atoms with E-state index in [1.54, 1.807) is 17.5 Å². The number of rotatable bonds is 4. The number of nitrogens with zero attached hydrogens (tertiary/aromatic N) is 2. The summed E-state index contributed by atoms with van der Waals surface area (Å²) in [5.74, 6) is 0. The second-order valence-electron chi connectivity index (χ2n) is 3.26. The fraction of sp³-hybridized carbons (Fsp3) is 0.300. The van der Waals surface area contributed by atoms with E-state index in [0.29, 0.717) is 0 Å². The predicted octanol–water partition coefficient (Wildman–Crippen LogP) is 2.42. The Bertz CT molecular complexity index is 435. The summed E-state index contributed by atoms with van der Waals surface area (Å²) in [5, 5.41) is 7.45. The number of nitrogens with one attached hydrogen (secondary N) is 1. The van der Waals surface area contributed by atoms with Gasteiger partial charge in [0.2, 0.25) is 0 Å². The largest absolute Gasteiger partial charge is 0.306 e. The van der Waals surface area contributed by atoms with E-state index < -0.39 is 0 Å². The van der Waals surface area contributed by atoms with Gasteiger partial charge in [0, 0.05) is 31.2 Å². The number of halogens is 1. The molecule has 0 fully saturated rings. The van der Waals surface area contributed by atoms with Crippen molar-refractivity contribution < 1.29 is 0 Å². The molecule has 2 rings (SSSR count). The summed E-state index contributed by atoms with van der Waals surface area (Å²) in [7, 11) is 1.94. The van der Waals surface area contributed by atoms with Crippen LogP contribution in [-0.2, 0) is 20.1 Å². The Hall–Kier alpha value is -0.840. The van der Waals surface area contributed by atoms with Crippen molar-refractivity contribution in [2.75, 3.05) is 0 Å². The highest BCUT2D eigenvalue weighted by atomic mass is 35.5. The van der Waals surface area contributed by atoms with Gasteiger partial charge in [0.1, 0.15) is 0 Å². The Morgan fingerprint density at radius 1 is 1.40 bits per heavy atom. The summed E-state index contributed by atoms with van der Waals surface area (Å²) in [5.41, 5.74) is 1.18. The molecule has 0 unspecified atom stereocenters. The molecule has 0 aliphatic carbocycles. The van der Waals surface area contributed by atoms with E-state index in [2.05, 4.69) is 10.4 Å². The van der Waals surface area contributed by atoms with Gasteiger partial charge in [0.15, 0.2) is 0 Å². The van der Waals surface area contributed by atoms with Crippen molar-refractivity contribution in [2.24, 2.45) is 7.05 Å². The van der Waals surface area contributed by atoms with Crippen LogP contribution >= 0.6 is 22.9 Å². The van der Waals surface area contributed by atoms with Crippen molar-refractivity contribution in [1.82, 2.24) is 15.1 Å². The van der Waals surface area contributed by atoms with Gasteiger partial charge in [-0.15, -0.1) is 11.3 Å². The average molecular weight is 242 g/mol. The first kappa shape index (κ1) is 10.7. The van der Waals surface area contributed by atoms with Crippen LogP contribution in [0.5, 0.6) is 0 Å². The molecule has 0 amide bonds. The molecular weight excluding hydrogens is 230 g/mol. The van der Waals surface area contributed by atoms with Gasteiger partial charge in [-0.25, -0.2) is 0 Å². The molecule has 0 spiro atoms. The van der Waals surface area contributed by atoms with Crippen LogP contribution < -0.4 is 5.32 Å². The lowest BCUT2D eigenvalue weighted by Crippen LogP contribution is -2.14. The summed E-state index contributed by atoms with van der Waals surface area (Å²) >= 11 is 7.45. The predicted molar refractivity (Wildman–Crippen MR) is 63.1 cm³/mol. The minimum absolute atomic E-state index is 0.825. The van der Waals surface area contributed by atoms with Crippen LogP contribution in [0.1, 0.15) is 10.6 Å². The van der Waals surface area contributed by atoms with E-state index >= 15 is 0 Å². The molecule has 0 saturated carbocycles. The zero-order valence-electron chi connectivity index (χ0n) is 8.40. The second kappa shape index (κ2) is 4.79. The number of thiophene rings is 1. The van der Waals surface area contributed by atoms with Crippen LogP contribution in [0.4, 0.5) is 0 Å². The van der Waals surface area contributed by atoms with E-state index in [9.17, 15) is 0 Å². The van der Waals surface area contributed by atoms with Crippen molar-refractivity contribution in [2.45, 2.75) is 13.1 Å². The summed E-state index contributed by atoms with van der Waals surface area (Å²) in [6.07, 6.45) is 1.80. The highest BCUT2D eigenvalue weighted by molar-refractivity contribution is 7.16. The van der Waals surface area contributed by atoms with Gasteiger partial charge < -0.3 is 5.32 Å². The maximum absolute atomic E-state index is 5.84. The minimum atomic E-state index is 0.825. The lowest BCUT2D eigenvalue weighted by atomic mass is 10.4. The number of hydrogen-bond acceptors (Lipinski definition) is 3. The Morgan fingerprint density at radius 2 is 2.27 bits per heavy atom. The zero-order valence-corrected chi connectivity index (χ0v) is 9.98. The third-order valence-corrected chi connectivity index (χ3v) is 3.39. The first-order valence-electron chi connectivity index (χ1n) is 4.67. The van der Waals surface area contributed by atoms with Crippen molar-refractivity contribution in [3.05, 3.63) is 39.3 Å². The van der Waals surface area contributed by atoms with Crippen LogP contribution in [0.3, 0.4) is 0 Å². The molecule has 0 radical (unpaired) electrons. The molecular formula is C10H12ClN3S. The first-order valence-corrected chi connectivity index (χ1v) is 5.87. The lowest BCUT2D eigenvalue weighted by Gasteiger charge is -2.03. The van der Waals surface area contributed by atoms with Gasteiger partial charge in [-0.3, -0.25) is 4.68 Å². The fourth-order valence-electron chi connectivity index (χ4n) is 1.34. The smallest absolute Gasteiger partial charge is 0.0931 e. The van der Waals surface area contributed by atoms with Crippen LogP contribution in [0, 0.1) is 0 Å². The third-order valence-electron chi connectivity index (χ3n) is 2.16. The van der Waals surface area contributed by atoms with Crippen molar-refractivity contribution in [3.8, 4) is 0 Å². The Kier molecular flexibility index (Phi) is 3.41. The summed E-state index contributed by atoms with van der Waals surface area (Å²) < 4.78 is 2.71. The molecule has 2 aromatic rings. The minimum Gasteiger partial charge on any atom is -0.306 e.